The lowest BCUT2D eigenvalue weighted by molar-refractivity contribution is -0.406. The number of nitrogens with zero attached hydrogens (tertiary/aromatic N) is 2. The number of carboxylic acids is 1. The van der Waals surface area contributed by atoms with Crippen LogP contribution in [0.2, 0.25) is 0 Å². The van der Waals surface area contributed by atoms with E-state index in [2.05, 4.69) is 4.98 Å². The molecule has 0 unspecified atom stereocenters. The summed E-state index contributed by atoms with van der Waals surface area (Å²) in [6, 6.07) is 3.21. The first-order chi connectivity index (χ1) is 7.08. The molecule has 1 N–H and O–H groups in total. The predicted molar refractivity (Wildman–Crippen MR) is 47.6 cm³/mol. The highest BCUT2D eigenvalue weighted by molar-refractivity contribution is 5.91. The maximum absolute atomic E-state index is 10.6. The highest BCUT2D eigenvalue weighted by Gasteiger charge is 2.18. The third-order valence-electron chi connectivity index (χ3n) is 1.78. The SMILES string of the molecule is O=C(O)c1ccc2nc([N+](=O)[O-])oc2c1. The number of aromatic carboxylic acids is 1. The molecule has 1 heterocycles. The lowest BCUT2D eigenvalue weighted by Gasteiger charge is -1.89. The van der Waals surface area contributed by atoms with E-state index in [0.717, 1.165) is 0 Å². The molecule has 76 valence electrons. The van der Waals surface area contributed by atoms with Crippen LogP contribution < -0.4 is 0 Å². The summed E-state index contributed by atoms with van der Waals surface area (Å²) in [7, 11) is 0. The molecule has 2 rings (SSSR count). The van der Waals surface area contributed by atoms with Crippen LogP contribution in [0.25, 0.3) is 11.1 Å². The Balaban J connectivity index is 2.62. The smallest absolute Gasteiger partial charge is 0.478 e. The van der Waals surface area contributed by atoms with Crippen LogP contribution in [0.15, 0.2) is 22.6 Å². The van der Waals surface area contributed by atoms with E-state index < -0.39 is 16.9 Å². The molecule has 0 aliphatic heterocycles. The first-order valence-corrected chi connectivity index (χ1v) is 3.86. The van der Waals surface area contributed by atoms with Gasteiger partial charge in [-0.1, -0.05) is 0 Å². The van der Waals surface area contributed by atoms with Gasteiger partial charge in [-0.15, -0.1) is 0 Å². The van der Waals surface area contributed by atoms with Gasteiger partial charge in [0.1, 0.15) is 0 Å². The molecule has 0 atom stereocenters. The van der Waals surface area contributed by atoms with Gasteiger partial charge in [0.15, 0.2) is 5.58 Å². The van der Waals surface area contributed by atoms with Gasteiger partial charge in [-0.05, 0) is 12.1 Å². The van der Waals surface area contributed by atoms with Gasteiger partial charge in [0.25, 0.3) is 0 Å². The van der Waals surface area contributed by atoms with Crippen molar-refractivity contribution < 1.29 is 19.2 Å². The van der Waals surface area contributed by atoms with Crippen LogP contribution in [-0.4, -0.2) is 21.0 Å². The second kappa shape index (κ2) is 3.05. The van der Waals surface area contributed by atoms with E-state index >= 15 is 0 Å². The summed E-state index contributed by atoms with van der Waals surface area (Å²) in [5, 5.41) is 19.0. The van der Waals surface area contributed by atoms with Crippen molar-refractivity contribution >= 4 is 23.1 Å². The first kappa shape index (κ1) is 9.13. The molecule has 0 fully saturated rings. The predicted octanol–water partition coefficient (Wildman–Crippen LogP) is 1.43. The zero-order chi connectivity index (χ0) is 11.0. The molecule has 0 radical (unpaired) electrons. The van der Waals surface area contributed by atoms with Crippen molar-refractivity contribution in [3.8, 4) is 0 Å². The first-order valence-electron chi connectivity index (χ1n) is 3.86. The fourth-order valence-electron chi connectivity index (χ4n) is 1.12. The monoisotopic (exact) mass is 208 g/mol. The minimum absolute atomic E-state index is 0.00597. The standard InChI is InChI=1S/C8H4N2O5/c11-7(12)4-1-2-5-6(3-4)15-8(9-5)10(13)14/h1-3H,(H,11,12). The van der Waals surface area contributed by atoms with Crippen LogP contribution >= 0.6 is 0 Å². The van der Waals surface area contributed by atoms with Gasteiger partial charge in [-0.3, -0.25) is 0 Å². The summed E-state index contributed by atoms with van der Waals surface area (Å²) in [5.74, 6) is -1.13. The van der Waals surface area contributed by atoms with Crippen LogP contribution in [0.5, 0.6) is 0 Å². The minimum atomic E-state index is -1.13. The summed E-state index contributed by atoms with van der Waals surface area (Å²) in [6.07, 6.45) is 0. The molecule has 0 saturated carbocycles. The van der Waals surface area contributed by atoms with E-state index in [0.29, 0.717) is 0 Å². The Morgan fingerprint density at radius 3 is 2.87 bits per heavy atom. The Morgan fingerprint density at radius 1 is 1.53 bits per heavy atom. The number of rotatable bonds is 2. The summed E-state index contributed by atoms with van der Waals surface area (Å²) in [6.45, 7) is 0. The summed E-state index contributed by atoms with van der Waals surface area (Å²) in [4.78, 5) is 23.7. The molecule has 1 aromatic carbocycles. The van der Waals surface area contributed by atoms with Crippen molar-refractivity contribution in [3.63, 3.8) is 0 Å². The van der Waals surface area contributed by atoms with Crippen LogP contribution in [0.1, 0.15) is 10.4 Å². The van der Waals surface area contributed by atoms with Gasteiger partial charge in [0.2, 0.25) is 5.52 Å². The third-order valence-corrected chi connectivity index (χ3v) is 1.78. The van der Waals surface area contributed by atoms with Crippen LogP contribution in [0, 0.1) is 10.1 Å². The van der Waals surface area contributed by atoms with Crippen molar-refractivity contribution in [3.05, 3.63) is 33.9 Å². The fourth-order valence-corrected chi connectivity index (χ4v) is 1.12. The molecule has 1 aromatic heterocycles. The molecule has 7 heteroatoms. The Bertz CT molecular complexity index is 547. The largest absolute Gasteiger partial charge is 0.546 e. The van der Waals surface area contributed by atoms with E-state index in [1.54, 1.807) is 0 Å². The molecular formula is C8H4N2O5. The van der Waals surface area contributed by atoms with E-state index in [-0.39, 0.29) is 16.7 Å². The number of carbonyl (C=O) groups is 1. The summed E-state index contributed by atoms with van der Waals surface area (Å²) >= 11 is 0. The van der Waals surface area contributed by atoms with Gasteiger partial charge in [0.05, 0.1) is 5.56 Å². The maximum Gasteiger partial charge on any atom is 0.546 e. The molecule has 0 aliphatic carbocycles. The second-order valence-electron chi connectivity index (χ2n) is 2.74. The van der Waals surface area contributed by atoms with Gasteiger partial charge < -0.3 is 19.6 Å². The molecule has 0 amide bonds. The van der Waals surface area contributed by atoms with Crippen molar-refractivity contribution in [2.75, 3.05) is 0 Å². The highest BCUT2D eigenvalue weighted by Crippen LogP contribution is 2.21. The van der Waals surface area contributed by atoms with Gasteiger partial charge in [-0.25, -0.2) is 4.79 Å². The van der Waals surface area contributed by atoms with Gasteiger partial charge in [-0.2, -0.15) is 0 Å². The average Bonchev–Trinajstić information content (AvgIpc) is 2.59. The number of oxazole rings is 1. The zero-order valence-electron chi connectivity index (χ0n) is 7.21. The Kier molecular flexibility index (Phi) is 1.86. The van der Waals surface area contributed by atoms with Crippen molar-refractivity contribution in [2.45, 2.75) is 0 Å². The number of hydrogen-bond donors (Lipinski definition) is 1. The van der Waals surface area contributed by atoms with Crippen LogP contribution in [-0.2, 0) is 0 Å². The number of nitro groups is 1. The number of aromatic nitrogens is 1. The molecule has 0 spiro atoms. The van der Waals surface area contributed by atoms with Crippen molar-refractivity contribution in [1.29, 1.82) is 0 Å². The van der Waals surface area contributed by atoms with Crippen LogP contribution in [0.4, 0.5) is 6.01 Å². The summed E-state index contributed by atoms with van der Waals surface area (Å²) in [5.41, 5.74) is 0.335. The number of hydrogen-bond acceptors (Lipinski definition) is 5. The Morgan fingerprint density at radius 2 is 2.27 bits per heavy atom. The molecule has 0 saturated heterocycles. The lowest BCUT2D eigenvalue weighted by atomic mass is 10.2. The molecule has 2 aromatic rings. The second-order valence-corrected chi connectivity index (χ2v) is 2.74. The van der Waals surface area contributed by atoms with E-state index in [9.17, 15) is 14.9 Å². The van der Waals surface area contributed by atoms with E-state index in [4.69, 9.17) is 9.52 Å². The Hall–Kier alpha value is -2.44. The molecule has 0 bridgehead atoms. The van der Waals surface area contributed by atoms with E-state index in [1.807, 2.05) is 0 Å². The van der Waals surface area contributed by atoms with Gasteiger partial charge in [0, 0.05) is 16.0 Å². The lowest BCUT2D eigenvalue weighted by Crippen LogP contribution is -1.94. The zero-order valence-corrected chi connectivity index (χ0v) is 7.21. The molecule has 0 aliphatic rings. The normalized spacial score (nSPS) is 10.4. The third kappa shape index (κ3) is 1.50. The fraction of sp³-hybridized carbons (Fsp3) is 0. The minimum Gasteiger partial charge on any atom is -0.478 e. The van der Waals surface area contributed by atoms with E-state index in [1.165, 1.54) is 18.2 Å². The number of fused-ring (bicyclic) bond motifs is 1. The van der Waals surface area contributed by atoms with Crippen molar-refractivity contribution in [1.82, 2.24) is 4.98 Å². The highest BCUT2D eigenvalue weighted by atomic mass is 16.7. The number of benzene rings is 1. The van der Waals surface area contributed by atoms with Crippen molar-refractivity contribution in [2.24, 2.45) is 0 Å². The summed E-state index contributed by atoms with van der Waals surface area (Å²) < 4.78 is 4.75. The maximum atomic E-state index is 10.6. The number of carboxylic acid groups (broad SMARTS) is 1. The molecular weight excluding hydrogens is 204 g/mol. The van der Waals surface area contributed by atoms with Gasteiger partial charge >= 0.3 is 12.0 Å². The Labute approximate surface area is 82.1 Å². The van der Waals surface area contributed by atoms with Crippen LogP contribution in [0.3, 0.4) is 0 Å². The quantitative estimate of drug-likeness (QED) is 0.590. The molecule has 15 heavy (non-hydrogen) atoms. The molecule has 7 nitrogen and oxygen atoms in total. The topological polar surface area (TPSA) is 106 Å². The average molecular weight is 208 g/mol.